The SMILES string of the molecule is CNc1cc([N+](=O)[O-])cc(N(C)CCC(F)(F)F)n1. The summed E-state index contributed by atoms with van der Waals surface area (Å²) in [6, 6.07) is 2.35. The minimum absolute atomic E-state index is 0.114. The molecular weight excluding hydrogens is 265 g/mol. The number of pyridine rings is 1. The van der Waals surface area contributed by atoms with Gasteiger partial charge >= 0.3 is 6.18 Å². The maximum atomic E-state index is 12.1. The lowest BCUT2D eigenvalue weighted by Crippen LogP contribution is -2.25. The van der Waals surface area contributed by atoms with E-state index in [2.05, 4.69) is 10.3 Å². The molecule has 0 amide bonds. The van der Waals surface area contributed by atoms with E-state index in [0.29, 0.717) is 0 Å². The third-order valence-corrected chi connectivity index (χ3v) is 2.39. The molecule has 0 atom stereocenters. The van der Waals surface area contributed by atoms with Gasteiger partial charge in [-0.15, -0.1) is 0 Å². The van der Waals surface area contributed by atoms with Crippen LogP contribution in [0.15, 0.2) is 12.1 Å². The van der Waals surface area contributed by atoms with Crippen molar-refractivity contribution in [2.75, 3.05) is 30.9 Å². The van der Waals surface area contributed by atoms with Gasteiger partial charge in [0.15, 0.2) is 0 Å². The third kappa shape index (κ3) is 4.60. The van der Waals surface area contributed by atoms with Gasteiger partial charge in [-0.2, -0.15) is 13.2 Å². The van der Waals surface area contributed by atoms with Crippen LogP contribution in [0.4, 0.5) is 30.5 Å². The van der Waals surface area contributed by atoms with Crippen LogP contribution in [0.5, 0.6) is 0 Å². The number of rotatable bonds is 5. The number of hydrogen-bond acceptors (Lipinski definition) is 5. The molecule has 1 rings (SSSR count). The maximum absolute atomic E-state index is 12.1. The zero-order valence-corrected chi connectivity index (χ0v) is 10.4. The second-order valence-corrected chi connectivity index (χ2v) is 3.86. The van der Waals surface area contributed by atoms with Crippen molar-refractivity contribution in [2.45, 2.75) is 12.6 Å². The molecule has 6 nitrogen and oxygen atoms in total. The Kier molecular flexibility index (Phi) is 4.52. The number of hydrogen-bond donors (Lipinski definition) is 1. The van der Waals surface area contributed by atoms with Crippen LogP contribution >= 0.6 is 0 Å². The van der Waals surface area contributed by atoms with Gasteiger partial charge in [0, 0.05) is 20.6 Å². The summed E-state index contributed by atoms with van der Waals surface area (Å²) in [5, 5.41) is 13.3. The fourth-order valence-electron chi connectivity index (χ4n) is 1.34. The van der Waals surface area contributed by atoms with E-state index in [-0.39, 0.29) is 23.9 Å². The molecule has 0 saturated carbocycles. The maximum Gasteiger partial charge on any atom is 0.390 e. The van der Waals surface area contributed by atoms with Gasteiger partial charge in [0.05, 0.1) is 23.5 Å². The highest BCUT2D eigenvalue weighted by molar-refractivity contribution is 5.55. The molecule has 106 valence electrons. The Morgan fingerprint density at radius 2 is 2.11 bits per heavy atom. The molecule has 0 aromatic carbocycles. The second kappa shape index (κ2) is 5.72. The van der Waals surface area contributed by atoms with Gasteiger partial charge in [0.1, 0.15) is 11.6 Å². The van der Waals surface area contributed by atoms with Crippen molar-refractivity contribution in [2.24, 2.45) is 0 Å². The summed E-state index contributed by atoms with van der Waals surface area (Å²) < 4.78 is 36.4. The lowest BCUT2D eigenvalue weighted by Gasteiger charge is -2.19. The lowest BCUT2D eigenvalue weighted by molar-refractivity contribution is -0.384. The van der Waals surface area contributed by atoms with E-state index in [4.69, 9.17) is 0 Å². The largest absolute Gasteiger partial charge is 0.390 e. The molecule has 0 spiro atoms. The van der Waals surface area contributed by atoms with Crippen molar-refractivity contribution in [3.8, 4) is 0 Å². The Balaban J connectivity index is 2.92. The topological polar surface area (TPSA) is 71.3 Å². The summed E-state index contributed by atoms with van der Waals surface area (Å²) in [5.41, 5.74) is -0.229. The minimum Gasteiger partial charge on any atom is -0.373 e. The Bertz CT molecular complexity index is 465. The van der Waals surface area contributed by atoms with Gasteiger partial charge in [0.25, 0.3) is 5.69 Å². The molecule has 0 fully saturated rings. The van der Waals surface area contributed by atoms with Crippen LogP contribution in [0.1, 0.15) is 6.42 Å². The molecule has 0 aliphatic rings. The molecule has 0 bridgehead atoms. The summed E-state index contributed by atoms with van der Waals surface area (Å²) in [6.07, 6.45) is -5.29. The first-order chi connectivity index (χ1) is 8.73. The first kappa shape index (κ1) is 15.0. The van der Waals surface area contributed by atoms with Crippen LogP contribution in [-0.4, -0.2) is 36.7 Å². The molecule has 0 aliphatic heterocycles. The number of anilines is 2. The van der Waals surface area contributed by atoms with Crippen LogP contribution in [-0.2, 0) is 0 Å². The van der Waals surface area contributed by atoms with Gasteiger partial charge < -0.3 is 10.2 Å². The Hall–Kier alpha value is -2.06. The fraction of sp³-hybridized carbons (Fsp3) is 0.500. The number of nitrogens with one attached hydrogen (secondary N) is 1. The number of aromatic nitrogens is 1. The molecule has 1 N–H and O–H groups in total. The van der Waals surface area contributed by atoms with E-state index in [1.807, 2.05) is 0 Å². The molecule has 0 aliphatic carbocycles. The fourth-order valence-corrected chi connectivity index (χ4v) is 1.34. The highest BCUT2D eigenvalue weighted by Crippen LogP contribution is 2.25. The zero-order chi connectivity index (χ0) is 14.6. The number of alkyl halides is 3. The molecule has 0 unspecified atom stereocenters. The van der Waals surface area contributed by atoms with Gasteiger partial charge in [-0.3, -0.25) is 10.1 Å². The first-order valence-electron chi connectivity index (χ1n) is 5.35. The van der Waals surface area contributed by atoms with Crippen LogP contribution < -0.4 is 10.2 Å². The molecule has 9 heteroatoms. The summed E-state index contributed by atoms with van der Waals surface area (Å²) >= 11 is 0. The highest BCUT2D eigenvalue weighted by atomic mass is 19.4. The average Bonchev–Trinajstić information content (AvgIpc) is 2.34. The number of nitro groups is 1. The predicted molar refractivity (Wildman–Crippen MR) is 64.4 cm³/mol. The molecule has 0 radical (unpaired) electrons. The van der Waals surface area contributed by atoms with Crippen molar-refractivity contribution in [3.63, 3.8) is 0 Å². The quantitative estimate of drug-likeness (QED) is 0.661. The Morgan fingerprint density at radius 1 is 1.47 bits per heavy atom. The smallest absolute Gasteiger partial charge is 0.373 e. The van der Waals surface area contributed by atoms with Gasteiger partial charge in [-0.1, -0.05) is 0 Å². The van der Waals surface area contributed by atoms with Gasteiger partial charge in [-0.25, -0.2) is 4.98 Å². The second-order valence-electron chi connectivity index (χ2n) is 3.86. The van der Waals surface area contributed by atoms with E-state index >= 15 is 0 Å². The third-order valence-electron chi connectivity index (χ3n) is 2.39. The minimum atomic E-state index is -4.28. The van der Waals surface area contributed by atoms with E-state index in [9.17, 15) is 23.3 Å². The van der Waals surface area contributed by atoms with Crippen molar-refractivity contribution in [1.82, 2.24) is 4.98 Å². The van der Waals surface area contributed by atoms with Crippen molar-refractivity contribution >= 4 is 17.3 Å². The average molecular weight is 278 g/mol. The van der Waals surface area contributed by atoms with E-state index < -0.39 is 17.5 Å². The summed E-state index contributed by atoms with van der Waals surface area (Å²) in [6.45, 7) is -0.319. The molecule has 0 saturated heterocycles. The summed E-state index contributed by atoms with van der Waals surface area (Å²) in [4.78, 5) is 15.3. The van der Waals surface area contributed by atoms with Gasteiger partial charge in [-0.05, 0) is 0 Å². The van der Waals surface area contributed by atoms with E-state index in [1.54, 1.807) is 0 Å². The van der Waals surface area contributed by atoms with E-state index in [0.717, 1.165) is 6.07 Å². The number of halogens is 3. The molecule has 1 aromatic rings. The van der Waals surface area contributed by atoms with Crippen molar-refractivity contribution < 1.29 is 18.1 Å². The predicted octanol–water partition coefficient (Wildman–Crippen LogP) is 2.42. The lowest BCUT2D eigenvalue weighted by atomic mass is 10.3. The highest BCUT2D eigenvalue weighted by Gasteiger charge is 2.27. The molecule has 1 heterocycles. The van der Waals surface area contributed by atoms with Crippen molar-refractivity contribution in [1.29, 1.82) is 0 Å². The normalized spacial score (nSPS) is 11.2. The Labute approximate surface area is 107 Å². The standard InChI is InChI=1S/C10H13F3N4O2/c1-14-8-5-7(17(18)19)6-9(15-8)16(2)4-3-10(11,12)13/h5-6H,3-4H2,1-2H3,(H,14,15). The van der Waals surface area contributed by atoms with Gasteiger partial charge in [0.2, 0.25) is 0 Å². The molecule has 1 aromatic heterocycles. The zero-order valence-electron chi connectivity index (χ0n) is 10.4. The Morgan fingerprint density at radius 3 is 2.58 bits per heavy atom. The number of nitrogens with zero attached hydrogens (tertiary/aromatic N) is 3. The van der Waals surface area contributed by atoms with E-state index in [1.165, 1.54) is 25.1 Å². The summed E-state index contributed by atoms with van der Waals surface area (Å²) in [7, 11) is 2.92. The molecular formula is C10H13F3N4O2. The van der Waals surface area contributed by atoms with Crippen LogP contribution in [0, 0.1) is 10.1 Å². The monoisotopic (exact) mass is 278 g/mol. The molecule has 19 heavy (non-hydrogen) atoms. The summed E-state index contributed by atoms with van der Waals surface area (Å²) in [5.74, 6) is 0.339. The van der Waals surface area contributed by atoms with Crippen LogP contribution in [0.25, 0.3) is 0 Å². The van der Waals surface area contributed by atoms with Crippen molar-refractivity contribution in [3.05, 3.63) is 22.2 Å². The first-order valence-corrected chi connectivity index (χ1v) is 5.35. The van der Waals surface area contributed by atoms with Crippen LogP contribution in [0.2, 0.25) is 0 Å². The van der Waals surface area contributed by atoms with Crippen LogP contribution in [0.3, 0.4) is 0 Å².